The van der Waals surface area contributed by atoms with Gasteiger partial charge in [0.05, 0.1) is 12.6 Å². The molecule has 4 unspecified atom stereocenters. The van der Waals surface area contributed by atoms with Gasteiger partial charge in [-0.15, -0.1) is 0 Å². The minimum Gasteiger partial charge on any atom is -0.480 e. The van der Waals surface area contributed by atoms with Crippen molar-refractivity contribution in [2.75, 3.05) is 13.2 Å². The SMILES string of the molecule is NCCCCC(NC(=O)C(Cc1ccccc1)NC(=O)C(N)CCC(N)=O)C(=O)NC(CO)C(=O)O. The van der Waals surface area contributed by atoms with E-state index in [0.717, 1.165) is 5.56 Å². The molecule has 1 rings (SSSR count). The van der Waals surface area contributed by atoms with Crippen molar-refractivity contribution in [3.63, 3.8) is 0 Å². The number of nitrogens with two attached hydrogens (primary N) is 3. The van der Waals surface area contributed by atoms with Gasteiger partial charge in [-0.05, 0) is 37.8 Å². The van der Waals surface area contributed by atoms with Gasteiger partial charge in [0.1, 0.15) is 18.1 Å². The lowest BCUT2D eigenvalue weighted by Gasteiger charge is -2.25. The summed E-state index contributed by atoms with van der Waals surface area (Å²) in [6, 6.07) is 3.90. The van der Waals surface area contributed by atoms with Gasteiger partial charge in [0.15, 0.2) is 0 Å². The first-order valence-electron chi connectivity index (χ1n) is 11.6. The topological polar surface area (TPSA) is 240 Å². The molecule has 4 atom stereocenters. The predicted molar refractivity (Wildman–Crippen MR) is 130 cm³/mol. The van der Waals surface area contributed by atoms with E-state index in [4.69, 9.17) is 22.3 Å². The van der Waals surface area contributed by atoms with Crippen LogP contribution in [0.1, 0.15) is 37.7 Å². The fourth-order valence-electron chi connectivity index (χ4n) is 3.26. The van der Waals surface area contributed by atoms with Crippen LogP contribution in [0.4, 0.5) is 0 Å². The molecule has 0 heterocycles. The molecule has 11 N–H and O–H groups in total. The molecule has 0 fully saturated rings. The zero-order valence-electron chi connectivity index (χ0n) is 20.0. The van der Waals surface area contributed by atoms with Crippen LogP contribution in [0, 0.1) is 0 Å². The van der Waals surface area contributed by atoms with E-state index in [9.17, 15) is 29.1 Å². The summed E-state index contributed by atoms with van der Waals surface area (Å²) >= 11 is 0. The van der Waals surface area contributed by atoms with Crippen molar-refractivity contribution in [1.82, 2.24) is 16.0 Å². The first-order valence-corrected chi connectivity index (χ1v) is 11.6. The first-order chi connectivity index (χ1) is 17.1. The van der Waals surface area contributed by atoms with Gasteiger partial charge in [0.2, 0.25) is 23.6 Å². The molecule has 0 saturated heterocycles. The molecule has 0 radical (unpaired) electrons. The fraction of sp³-hybridized carbons (Fsp3) is 0.522. The monoisotopic (exact) mass is 508 g/mol. The molecule has 0 saturated carbocycles. The van der Waals surface area contributed by atoms with E-state index in [1.165, 1.54) is 0 Å². The number of unbranched alkanes of at least 4 members (excludes halogenated alkanes) is 1. The Morgan fingerprint density at radius 1 is 0.833 bits per heavy atom. The normalized spacial score (nSPS) is 14.1. The zero-order valence-corrected chi connectivity index (χ0v) is 20.0. The highest BCUT2D eigenvalue weighted by atomic mass is 16.4. The van der Waals surface area contributed by atoms with E-state index >= 15 is 0 Å². The Labute approximate surface area is 209 Å². The summed E-state index contributed by atoms with van der Waals surface area (Å²) in [5.74, 6) is -4.23. The number of amides is 4. The minimum atomic E-state index is -1.55. The van der Waals surface area contributed by atoms with Crippen LogP contribution in [0.3, 0.4) is 0 Å². The number of rotatable bonds is 17. The molecule has 0 bridgehead atoms. The summed E-state index contributed by atoms with van der Waals surface area (Å²) in [7, 11) is 0. The molecule has 1 aromatic carbocycles. The molecule has 13 nitrogen and oxygen atoms in total. The maximum absolute atomic E-state index is 13.2. The third-order valence-electron chi connectivity index (χ3n) is 5.33. The number of carbonyl (C=O) groups is 5. The summed E-state index contributed by atoms with van der Waals surface area (Å²) in [6.07, 6.45) is 1.12. The third kappa shape index (κ3) is 11.3. The average molecular weight is 509 g/mol. The Morgan fingerprint density at radius 3 is 1.97 bits per heavy atom. The molecule has 0 aliphatic carbocycles. The summed E-state index contributed by atoms with van der Waals surface area (Å²) in [5.41, 5.74) is 17.2. The number of primary amides is 1. The Balaban J connectivity index is 3.05. The number of carbonyl (C=O) groups excluding carboxylic acids is 4. The second-order valence-electron chi connectivity index (χ2n) is 8.29. The van der Waals surface area contributed by atoms with Gasteiger partial charge in [0.25, 0.3) is 0 Å². The number of carboxylic acids is 1. The number of nitrogens with one attached hydrogen (secondary N) is 3. The quantitative estimate of drug-likeness (QED) is 0.103. The Hall–Kier alpha value is -3.55. The van der Waals surface area contributed by atoms with Crippen molar-refractivity contribution < 1.29 is 34.2 Å². The predicted octanol–water partition coefficient (Wildman–Crippen LogP) is -2.52. The lowest BCUT2D eigenvalue weighted by atomic mass is 10.0. The van der Waals surface area contributed by atoms with Crippen molar-refractivity contribution in [2.45, 2.75) is 62.7 Å². The van der Waals surface area contributed by atoms with Gasteiger partial charge in [-0.25, -0.2) is 4.79 Å². The molecular weight excluding hydrogens is 472 g/mol. The number of aliphatic hydroxyl groups excluding tert-OH is 1. The molecular formula is C23H36N6O7. The number of aliphatic carboxylic acids is 1. The first kappa shape index (κ1) is 30.5. The minimum absolute atomic E-state index is 0.0112. The van der Waals surface area contributed by atoms with Crippen molar-refractivity contribution in [2.24, 2.45) is 17.2 Å². The van der Waals surface area contributed by atoms with Crippen LogP contribution in [0.2, 0.25) is 0 Å². The van der Waals surface area contributed by atoms with Crippen LogP contribution in [-0.2, 0) is 30.4 Å². The number of hydrogen-bond donors (Lipinski definition) is 8. The molecule has 0 aromatic heterocycles. The van der Waals surface area contributed by atoms with Crippen molar-refractivity contribution in [3.05, 3.63) is 35.9 Å². The molecule has 0 spiro atoms. The third-order valence-corrected chi connectivity index (χ3v) is 5.33. The van der Waals surface area contributed by atoms with Gasteiger partial charge in [-0.2, -0.15) is 0 Å². The smallest absolute Gasteiger partial charge is 0.328 e. The van der Waals surface area contributed by atoms with E-state index in [-0.39, 0.29) is 25.7 Å². The number of carboxylic acid groups (broad SMARTS) is 1. The van der Waals surface area contributed by atoms with E-state index in [1.54, 1.807) is 30.3 Å². The van der Waals surface area contributed by atoms with Crippen LogP contribution in [-0.4, -0.2) is 77.1 Å². The van der Waals surface area contributed by atoms with Crippen LogP contribution >= 0.6 is 0 Å². The number of aliphatic hydroxyl groups is 1. The van der Waals surface area contributed by atoms with Crippen molar-refractivity contribution >= 4 is 29.6 Å². The molecule has 36 heavy (non-hydrogen) atoms. The molecule has 0 aliphatic heterocycles. The highest BCUT2D eigenvalue weighted by Gasteiger charge is 2.30. The number of hydrogen-bond acceptors (Lipinski definition) is 8. The van der Waals surface area contributed by atoms with E-state index in [0.29, 0.717) is 19.4 Å². The van der Waals surface area contributed by atoms with Gasteiger partial charge < -0.3 is 43.4 Å². The van der Waals surface area contributed by atoms with Gasteiger partial charge in [0, 0.05) is 12.8 Å². The van der Waals surface area contributed by atoms with Gasteiger partial charge >= 0.3 is 5.97 Å². The Morgan fingerprint density at radius 2 is 1.42 bits per heavy atom. The van der Waals surface area contributed by atoms with Crippen LogP contribution in [0.5, 0.6) is 0 Å². The lowest BCUT2D eigenvalue weighted by Crippen LogP contribution is -2.58. The Kier molecular flexibility index (Phi) is 13.7. The highest BCUT2D eigenvalue weighted by Crippen LogP contribution is 2.07. The van der Waals surface area contributed by atoms with Gasteiger partial charge in [-0.1, -0.05) is 30.3 Å². The lowest BCUT2D eigenvalue weighted by molar-refractivity contribution is -0.143. The Bertz CT molecular complexity index is 883. The number of benzene rings is 1. The van der Waals surface area contributed by atoms with E-state index < -0.39 is 60.4 Å². The standard InChI is InChI=1S/C23H36N6O7/c24-11-5-4-8-16(21(33)29-18(13-30)23(35)36)27-22(34)17(12-14-6-2-1-3-7-14)28-20(32)15(25)9-10-19(26)31/h1-3,6-7,15-18,30H,4-5,8-13,24-25H2,(H2,26,31)(H,27,34)(H,28,32)(H,29,33)(H,35,36). The molecule has 13 heteroatoms. The summed E-state index contributed by atoms with van der Waals surface area (Å²) < 4.78 is 0. The van der Waals surface area contributed by atoms with Crippen LogP contribution < -0.4 is 33.2 Å². The zero-order chi connectivity index (χ0) is 27.1. The fourth-order valence-corrected chi connectivity index (χ4v) is 3.26. The van der Waals surface area contributed by atoms with E-state index in [2.05, 4.69) is 16.0 Å². The largest absolute Gasteiger partial charge is 0.480 e. The maximum atomic E-state index is 13.2. The highest BCUT2D eigenvalue weighted by molar-refractivity contribution is 5.94. The van der Waals surface area contributed by atoms with E-state index in [1.807, 2.05) is 0 Å². The van der Waals surface area contributed by atoms with Gasteiger partial charge in [-0.3, -0.25) is 19.2 Å². The summed E-state index contributed by atoms with van der Waals surface area (Å²) in [5, 5.41) is 25.6. The average Bonchev–Trinajstić information content (AvgIpc) is 2.84. The molecule has 4 amide bonds. The summed E-state index contributed by atoms with van der Waals surface area (Å²) in [4.78, 5) is 60.7. The molecule has 200 valence electrons. The second kappa shape index (κ2) is 16.2. The van der Waals surface area contributed by atoms with Crippen molar-refractivity contribution in [3.8, 4) is 0 Å². The van der Waals surface area contributed by atoms with Crippen LogP contribution in [0.15, 0.2) is 30.3 Å². The summed E-state index contributed by atoms with van der Waals surface area (Å²) in [6.45, 7) is -0.479. The second-order valence-corrected chi connectivity index (χ2v) is 8.29. The van der Waals surface area contributed by atoms with Crippen LogP contribution in [0.25, 0.3) is 0 Å². The molecule has 0 aliphatic rings. The molecule has 1 aromatic rings. The maximum Gasteiger partial charge on any atom is 0.328 e. The van der Waals surface area contributed by atoms with Crippen molar-refractivity contribution in [1.29, 1.82) is 0 Å².